The van der Waals surface area contributed by atoms with Crippen molar-refractivity contribution in [1.29, 1.82) is 10.7 Å². The van der Waals surface area contributed by atoms with Gasteiger partial charge in [0.15, 0.2) is 5.84 Å². The van der Waals surface area contributed by atoms with E-state index < -0.39 is 0 Å². The molecule has 1 aromatic rings. The number of rotatable bonds is 7. The molecule has 0 unspecified atom stereocenters. The number of hydrogen-bond donors (Lipinski definition) is 3. The largest absolute Gasteiger partial charge is 0.490 e. The van der Waals surface area contributed by atoms with E-state index in [9.17, 15) is 0 Å². The molecule has 4 N–H and O–H groups in total. The molecule has 0 aliphatic heterocycles. The Labute approximate surface area is 118 Å². The number of nitriles is 1. The fourth-order valence-corrected chi connectivity index (χ4v) is 1.52. The second-order valence-electron chi connectivity index (χ2n) is 4.18. The lowest BCUT2D eigenvalue weighted by Crippen LogP contribution is -2.21. The van der Waals surface area contributed by atoms with Gasteiger partial charge in [-0.05, 0) is 37.1 Å². The van der Waals surface area contributed by atoms with Crippen molar-refractivity contribution in [3.8, 4) is 11.8 Å². The van der Waals surface area contributed by atoms with E-state index in [1.54, 1.807) is 18.2 Å². The molecule has 0 amide bonds. The lowest BCUT2D eigenvalue weighted by atomic mass is 10.2. The molecule has 0 aliphatic carbocycles. The van der Waals surface area contributed by atoms with Gasteiger partial charge in [-0.25, -0.2) is 0 Å². The molecule has 1 aromatic carbocycles. The second-order valence-corrected chi connectivity index (χ2v) is 4.18. The van der Waals surface area contributed by atoms with Crippen LogP contribution in [-0.4, -0.2) is 17.7 Å². The Morgan fingerprint density at radius 3 is 2.45 bits per heavy atom. The van der Waals surface area contributed by atoms with Gasteiger partial charge in [0.1, 0.15) is 11.8 Å². The minimum atomic E-state index is -0.367. The van der Waals surface area contributed by atoms with Gasteiger partial charge in [0, 0.05) is 0 Å². The predicted octanol–water partition coefficient (Wildman–Crippen LogP) is 2.48. The van der Waals surface area contributed by atoms with Gasteiger partial charge in [0.05, 0.1) is 11.8 Å². The summed E-state index contributed by atoms with van der Waals surface area (Å²) < 4.78 is 5.78. The summed E-state index contributed by atoms with van der Waals surface area (Å²) >= 11 is 0. The third-order valence-electron chi connectivity index (χ3n) is 2.73. The number of benzene rings is 1. The van der Waals surface area contributed by atoms with Crippen molar-refractivity contribution in [3.63, 3.8) is 0 Å². The third kappa shape index (κ3) is 4.61. The molecule has 0 heterocycles. The quantitative estimate of drug-likeness (QED) is 0.403. The standard InChI is InChI=1S/C14H19N5O/c1-3-11(4-2)20-12-7-5-10(6-8-12)18-19-13(9-15)14(16)17/h5-8,11,18H,3-4H2,1-2H3,(H3,16,17)/b19-13+. The first-order chi connectivity index (χ1) is 9.60. The number of amidine groups is 1. The van der Waals surface area contributed by atoms with Crippen molar-refractivity contribution in [2.24, 2.45) is 10.8 Å². The summed E-state index contributed by atoms with van der Waals surface area (Å²) in [6, 6.07) is 8.97. The lowest BCUT2D eigenvalue weighted by molar-refractivity contribution is 0.193. The minimum Gasteiger partial charge on any atom is -0.490 e. The van der Waals surface area contributed by atoms with Crippen LogP contribution in [0, 0.1) is 16.7 Å². The van der Waals surface area contributed by atoms with Gasteiger partial charge in [0.25, 0.3) is 0 Å². The number of nitrogens with two attached hydrogens (primary N) is 1. The Balaban J connectivity index is 2.68. The van der Waals surface area contributed by atoms with Crippen LogP contribution in [0.15, 0.2) is 29.4 Å². The zero-order valence-corrected chi connectivity index (χ0v) is 11.7. The molecule has 6 heteroatoms. The normalized spacial score (nSPS) is 11.0. The second kappa shape index (κ2) is 7.79. The molecule has 106 valence electrons. The summed E-state index contributed by atoms with van der Waals surface area (Å²) in [6.45, 7) is 4.17. The van der Waals surface area contributed by atoms with Crippen molar-refractivity contribution in [3.05, 3.63) is 24.3 Å². The summed E-state index contributed by atoms with van der Waals surface area (Å²) in [7, 11) is 0. The highest BCUT2D eigenvalue weighted by Crippen LogP contribution is 2.18. The topological polar surface area (TPSA) is 107 Å². The van der Waals surface area contributed by atoms with Crippen molar-refractivity contribution in [2.75, 3.05) is 5.43 Å². The van der Waals surface area contributed by atoms with Gasteiger partial charge >= 0.3 is 0 Å². The van der Waals surface area contributed by atoms with E-state index >= 15 is 0 Å². The van der Waals surface area contributed by atoms with Gasteiger partial charge in [-0.1, -0.05) is 13.8 Å². The summed E-state index contributed by atoms with van der Waals surface area (Å²) in [6.07, 6.45) is 2.14. The molecule has 0 aromatic heterocycles. The maximum atomic E-state index is 8.71. The molecule has 6 nitrogen and oxygen atoms in total. The fraction of sp³-hybridized carbons (Fsp3) is 0.357. The van der Waals surface area contributed by atoms with Gasteiger partial charge in [-0.3, -0.25) is 10.8 Å². The number of hydrazone groups is 1. The number of ether oxygens (including phenoxy) is 1. The molecular formula is C14H19N5O. The number of hydrogen-bond acceptors (Lipinski definition) is 5. The molecular weight excluding hydrogens is 254 g/mol. The Bertz CT molecular complexity index is 511. The average molecular weight is 273 g/mol. The molecule has 0 aliphatic rings. The minimum absolute atomic E-state index is 0.151. The van der Waals surface area contributed by atoms with E-state index in [1.165, 1.54) is 0 Å². The maximum absolute atomic E-state index is 8.71. The average Bonchev–Trinajstić information content (AvgIpc) is 2.46. The Kier molecular flexibility index (Phi) is 6.04. The number of nitrogens with zero attached hydrogens (tertiary/aromatic N) is 2. The smallest absolute Gasteiger partial charge is 0.201 e. The van der Waals surface area contributed by atoms with Crippen LogP contribution in [0.25, 0.3) is 0 Å². The Hall–Kier alpha value is -2.55. The van der Waals surface area contributed by atoms with Crippen LogP contribution in [-0.2, 0) is 0 Å². The monoisotopic (exact) mass is 273 g/mol. The van der Waals surface area contributed by atoms with Crippen LogP contribution in [0.5, 0.6) is 5.75 Å². The van der Waals surface area contributed by atoms with E-state index in [4.69, 9.17) is 21.1 Å². The molecule has 0 fully saturated rings. The molecule has 0 bridgehead atoms. The third-order valence-corrected chi connectivity index (χ3v) is 2.73. The van der Waals surface area contributed by atoms with E-state index in [0.29, 0.717) is 5.69 Å². The molecule has 0 spiro atoms. The summed E-state index contributed by atoms with van der Waals surface area (Å²) in [5.41, 5.74) is 8.41. The summed E-state index contributed by atoms with van der Waals surface area (Å²) in [5.74, 6) is 0.425. The lowest BCUT2D eigenvalue weighted by Gasteiger charge is -2.15. The van der Waals surface area contributed by atoms with Gasteiger partial charge in [-0.2, -0.15) is 10.4 Å². The first kappa shape index (κ1) is 15.5. The van der Waals surface area contributed by atoms with Crippen LogP contribution in [0.4, 0.5) is 5.69 Å². The van der Waals surface area contributed by atoms with Crippen LogP contribution in [0.3, 0.4) is 0 Å². The molecule has 0 radical (unpaired) electrons. The predicted molar refractivity (Wildman–Crippen MR) is 80.0 cm³/mol. The molecule has 20 heavy (non-hydrogen) atoms. The van der Waals surface area contributed by atoms with Gasteiger partial charge in [-0.15, -0.1) is 0 Å². The highest BCUT2D eigenvalue weighted by Gasteiger charge is 2.05. The highest BCUT2D eigenvalue weighted by atomic mass is 16.5. The van der Waals surface area contributed by atoms with E-state index in [2.05, 4.69) is 24.4 Å². The maximum Gasteiger partial charge on any atom is 0.201 e. The van der Waals surface area contributed by atoms with Gasteiger partial charge < -0.3 is 10.5 Å². The van der Waals surface area contributed by atoms with E-state index in [1.807, 2.05) is 12.1 Å². The fourth-order valence-electron chi connectivity index (χ4n) is 1.52. The van der Waals surface area contributed by atoms with Crippen molar-refractivity contribution < 1.29 is 4.74 Å². The van der Waals surface area contributed by atoms with Gasteiger partial charge in [0.2, 0.25) is 5.71 Å². The Morgan fingerprint density at radius 1 is 1.40 bits per heavy atom. The van der Waals surface area contributed by atoms with Crippen LogP contribution in [0.1, 0.15) is 26.7 Å². The van der Waals surface area contributed by atoms with Crippen molar-refractivity contribution in [2.45, 2.75) is 32.8 Å². The van der Waals surface area contributed by atoms with E-state index in [-0.39, 0.29) is 17.7 Å². The SMILES string of the molecule is CCC(CC)Oc1ccc(N/N=C(\C#N)C(=N)N)cc1. The highest BCUT2D eigenvalue weighted by molar-refractivity contribution is 6.45. The molecule has 0 saturated carbocycles. The van der Waals surface area contributed by atoms with Crippen LogP contribution < -0.4 is 15.9 Å². The summed E-state index contributed by atoms with van der Waals surface area (Å²) in [5, 5.41) is 19.6. The van der Waals surface area contributed by atoms with Crippen molar-refractivity contribution >= 4 is 17.2 Å². The Morgan fingerprint density at radius 2 is 2.00 bits per heavy atom. The van der Waals surface area contributed by atoms with Crippen molar-refractivity contribution in [1.82, 2.24) is 0 Å². The molecule has 0 saturated heterocycles. The zero-order valence-electron chi connectivity index (χ0n) is 11.7. The molecule has 0 atom stereocenters. The summed E-state index contributed by atoms with van der Waals surface area (Å²) in [4.78, 5) is 0. The zero-order chi connectivity index (χ0) is 15.0. The first-order valence-corrected chi connectivity index (χ1v) is 6.45. The van der Waals surface area contributed by atoms with E-state index in [0.717, 1.165) is 18.6 Å². The van der Waals surface area contributed by atoms with Crippen LogP contribution >= 0.6 is 0 Å². The first-order valence-electron chi connectivity index (χ1n) is 6.45. The van der Waals surface area contributed by atoms with Crippen LogP contribution in [0.2, 0.25) is 0 Å². The molecule has 1 rings (SSSR count). The number of anilines is 1. The number of nitrogens with one attached hydrogen (secondary N) is 2.